The van der Waals surface area contributed by atoms with E-state index in [4.69, 9.17) is 20.3 Å². The van der Waals surface area contributed by atoms with Gasteiger partial charge in [0.25, 0.3) is 0 Å². The highest BCUT2D eigenvalue weighted by Crippen LogP contribution is 2.37. The third-order valence-electron chi connectivity index (χ3n) is 3.94. The number of benzene rings is 1. The van der Waals surface area contributed by atoms with Crippen molar-refractivity contribution < 1.29 is 39.2 Å². The zero-order chi connectivity index (χ0) is 22.7. The van der Waals surface area contributed by atoms with Gasteiger partial charge in [0.1, 0.15) is 12.1 Å². The molecular formula is C19H26N2O8S. The molecule has 0 radical (unpaired) electrons. The number of phenols is 1. The Kier molecular flexibility index (Phi) is 10.6. The monoisotopic (exact) mass is 442 g/mol. The number of hydrogen-bond acceptors (Lipinski definition) is 8. The normalized spacial score (nSPS) is 12.9. The van der Waals surface area contributed by atoms with Gasteiger partial charge in [-0.25, -0.2) is 4.79 Å². The van der Waals surface area contributed by atoms with E-state index in [1.165, 1.54) is 26.0 Å². The lowest BCUT2D eigenvalue weighted by molar-refractivity contribution is -0.141. The minimum Gasteiger partial charge on any atom is -0.502 e. The molecule has 166 valence electrons. The number of carboxylic acids is 2. The molecule has 2 atom stereocenters. The van der Waals surface area contributed by atoms with Gasteiger partial charge in [0, 0.05) is 17.9 Å². The molecule has 0 aromatic heterocycles. The van der Waals surface area contributed by atoms with Crippen LogP contribution in [0.1, 0.15) is 18.4 Å². The number of rotatable bonds is 13. The fourth-order valence-electron chi connectivity index (χ4n) is 2.30. The van der Waals surface area contributed by atoms with Crippen molar-refractivity contribution in [3.63, 3.8) is 0 Å². The van der Waals surface area contributed by atoms with Gasteiger partial charge in [-0.05, 0) is 24.1 Å². The fraction of sp³-hybridized carbons (Fsp3) is 0.421. The van der Waals surface area contributed by atoms with Crippen molar-refractivity contribution in [1.82, 2.24) is 5.32 Å². The van der Waals surface area contributed by atoms with Crippen molar-refractivity contribution in [2.45, 2.75) is 24.9 Å². The van der Waals surface area contributed by atoms with Crippen LogP contribution in [0.5, 0.6) is 17.2 Å². The van der Waals surface area contributed by atoms with E-state index in [2.05, 4.69) is 5.32 Å². The highest BCUT2D eigenvalue weighted by Gasteiger charge is 2.21. The number of nitrogens with two attached hydrogens (primary N) is 1. The van der Waals surface area contributed by atoms with Crippen molar-refractivity contribution in [2.24, 2.45) is 5.73 Å². The van der Waals surface area contributed by atoms with Gasteiger partial charge in [-0.2, -0.15) is 11.8 Å². The maximum absolute atomic E-state index is 11.8. The largest absolute Gasteiger partial charge is 0.502 e. The van der Waals surface area contributed by atoms with Gasteiger partial charge in [-0.15, -0.1) is 0 Å². The Labute approximate surface area is 178 Å². The quantitative estimate of drug-likeness (QED) is 0.277. The molecule has 0 saturated carbocycles. The summed E-state index contributed by atoms with van der Waals surface area (Å²) in [5, 5.41) is 30.2. The molecule has 10 nitrogen and oxygen atoms in total. The van der Waals surface area contributed by atoms with E-state index in [1.54, 1.807) is 24.3 Å². The van der Waals surface area contributed by atoms with E-state index < -0.39 is 29.9 Å². The molecule has 11 heteroatoms. The van der Waals surface area contributed by atoms with Gasteiger partial charge in [-0.1, -0.05) is 12.2 Å². The predicted octanol–water partition coefficient (Wildman–Crippen LogP) is 0.917. The van der Waals surface area contributed by atoms with Crippen LogP contribution in [0.15, 0.2) is 18.2 Å². The zero-order valence-corrected chi connectivity index (χ0v) is 17.5. The van der Waals surface area contributed by atoms with E-state index in [0.717, 1.165) is 5.56 Å². The Morgan fingerprint density at radius 3 is 2.27 bits per heavy atom. The Balaban J connectivity index is 2.54. The van der Waals surface area contributed by atoms with Gasteiger partial charge in [-0.3, -0.25) is 9.59 Å². The summed E-state index contributed by atoms with van der Waals surface area (Å²) in [6.07, 6.45) is 3.30. The van der Waals surface area contributed by atoms with Crippen molar-refractivity contribution in [3.8, 4) is 17.2 Å². The third kappa shape index (κ3) is 8.21. The Bertz CT molecular complexity index is 759. The van der Waals surface area contributed by atoms with Crippen LogP contribution in [0, 0.1) is 0 Å². The number of ether oxygens (including phenoxy) is 2. The number of phenolic OH excluding ortho intramolecular Hbond substituents is 1. The van der Waals surface area contributed by atoms with Crippen LogP contribution in [0.25, 0.3) is 6.08 Å². The lowest BCUT2D eigenvalue weighted by Crippen LogP contribution is -2.43. The lowest BCUT2D eigenvalue weighted by atomic mass is 10.1. The van der Waals surface area contributed by atoms with Crippen LogP contribution >= 0.6 is 11.8 Å². The van der Waals surface area contributed by atoms with Crippen molar-refractivity contribution in [1.29, 1.82) is 0 Å². The SMILES string of the molecule is COc1cc(/C=C/CSC[C@H](NC(=O)CC[C@H](N)C(=O)O)C(=O)O)cc(OC)c1O. The minimum atomic E-state index is -1.22. The molecule has 0 aliphatic carbocycles. The van der Waals surface area contributed by atoms with Crippen LogP contribution in [0.3, 0.4) is 0 Å². The molecule has 0 saturated heterocycles. The standard InChI is InChI=1S/C19H26N2O8S/c1-28-14-8-11(9-15(29-2)17(14)23)4-3-7-30-10-13(19(26)27)21-16(22)6-5-12(20)18(24)25/h3-4,8-9,12-13,23H,5-7,10,20H2,1-2H3,(H,21,22)(H,24,25)(H,26,27)/b4-3+/t12-,13-/m0/s1. The Hall–Kier alpha value is -2.92. The molecule has 1 amide bonds. The summed E-state index contributed by atoms with van der Waals surface area (Å²) in [5.41, 5.74) is 6.05. The van der Waals surface area contributed by atoms with Crippen LogP contribution < -0.4 is 20.5 Å². The van der Waals surface area contributed by atoms with Gasteiger partial charge in [0.15, 0.2) is 11.5 Å². The van der Waals surface area contributed by atoms with Gasteiger partial charge in [0.05, 0.1) is 14.2 Å². The number of aromatic hydroxyl groups is 1. The molecule has 0 aliphatic heterocycles. The molecule has 1 aromatic carbocycles. The number of nitrogens with one attached hydrogen (secondary N) is 1. The summed E-state index contributed by atoms with van der Waals surface area (Å²) in [7, 11) is 2.85. The Morgan fingerprint density at radius 1 is 1.17 bits per heavy atom. The molecule has 0 bridgehead atoms. The smallest absolute Gasteiger partial charge is 0.327 e. The van der Waals surface area contributed by atoms with Crippen molar-refractivity contribution in [3.05, 3.63) is 23.8 Å². The number of thioether (sulfide) groups is 1. The molecule has 6 N–H and O–H groups in total. The number of carbonyl (C=O) groups is 3. The first-order valence-corrected chi connectivity index (χ1v) is 10.0. The first-order chi connectivity index (χ1) is 14.2. The molecule has 1 aromatic rings. The predicted molar refractivity (Wildman–Crippen MR) is 112 cm³/mol. The summed E-state index contributed by atoms with van der Waals surface area (Å²) in [5.74, 6) is -1.96. The van der Waals surface area contributed by atoms with Crippen molar-refractivity contribution >= 4 is 35.7 Å². The van der Waals surface area contributed by atoms with Crippen LogP contribution in [-0.4, -0.2) is 71.0 Å². The Morgan fingerprint density at radius 2 is 1.77 bits per heavy atom. The maximum Gasteiger partial charge on any atom is 0.327 e. The number of methoxy groups -OCH3 is 2. The number of aliphatic carboxylic acids is 2. The second kappa shape index (κ2) is 12.6. The highest BCUT2D eigenvalue weighted by molar-refractivity contribution is 7.99. The topological polar surface area (TPSA) is 168 Å². The summed E-state index contributed by atoms with van der Waals surface area (Å²) < 4.78 is 10.2. The second-order valence-corrected chi connectivity index (χ2v) is 7.23. The molecule has 30 heavy (non-hydrogen) atoms. The molecule has 0 heterocycles. The summed E-state index contributed by atoms with van der Waals surface area (Å²) >= 11 is 1.29. The second-order valence-electron chi connectivity index (χ2n) is 6.16. The molecular weight excluding hydrogens is 416 g/mol. The zero-order valence-electron chi connectivity index (χ0n) is 16.7. The lowest BCUT2D eigenvalue weighted by Gasteiger charge is -2.14. The van der Waals surface area contributed by atoms with Crippen LogP contribution in [0.4, 0.5) is 0 Å². The summed E-state index contributed by atoms with van der Waals surface area (Å²) in [6.45, 7) is 0. The number of amides is 1. The van der Waals surface area contributed by atoms with Gasteiger partial charge in [0.2, 0.25) is 11.7 Å². The first-order valence-electron chi connectivity index (χ1n) is 8.89. The molecule has 0 fully saturated rings. The van der Waals surface area contributed by atoms with E-state index in [-0.39, 0.29) is 35.8 Å². The average Bonchev–Trinajstić information content (AvgIpc) is 2.71. The van der Waals surface area contributed by atoms with Gasteiger partial charge < -0.3 is 35.8 Å². The molecule has 1 rings (SSSR count). The van der Waals surface area contributed by atoms with E-state index in [0.29, 0.717) is 5.75 Å². The molecule has 0 spiro atoms. The first kappa shape index (κ1) is 25.1. The van der Waals surface area contributed by atoms with E-state index in [9.17, 15) is 24.6 Å². The summed E-state index contributed by atoms with van der Waals surface area (Å²) in [4.78, 5) is 33.8. The average molecular weight is 442 g/mol. The van der Waals surface area contributed by atoms with Crippen molar-refractivity contribution in [2.75, 3.05) is 25.7 Å². The third-order valence-corrected chi connectivity index (χ3v) is 4.94. The van der Waals surface area contributed by atoms with E-state index in [1.807, 2.05) is 0 Å². The highest BCUT2D eigenvalue weighted by atomic mass is 32.2. The maximum atomic E-state index is 11.8. The number of hydrogen-bond donors (Lipinski definition) is 5. The minimum absolute atomic E-state index is 0.0804. The van der Waals surface area contributed by atoms with Crippen LogP contribution in [0.2, 0.25) is 0 Å². The number of carbonyl (C=O) groups excluding carboxylic acids is 1. The van der Waals surface area contributed by atoms with E-state index >= 15 is 0 Å². The fourth-order valence-corrected chi connectivity index (χ4v) is 3.13. The van der Waals surface area contributed by atoms with Crippen LogP contribution in [-0.2, 0) is 14.4 Å². The summed E-state index contributed by atoms with van der Waals surface area (Å²) in [6, 6.07) is 0.976. The van der Waals surface area contributed by atoms with Gasteiger partial charge >= 0.3 is 11.9 Å². The number of carboxylic acid groups (broad SMARTS) is 2. The molecule has 0 aliphatic rings. The molecule has 0 unspecified atom stereocenters.